The van der Waals surface area contributed by atoms with Crippen molar-refractivity contribution < 1.29 is 22.7 Å². The van der Waals surface area contributed by atoms with E-state index >= 15 is 0 Å². The van der Waals surface area contributed by atoms with Crippen LogP contribution in [0.1, 0.15) is 43.9 Å². The Morgan fingerprint density at radius 1 is 1.10 bits per heavy atom. The van der Waals surface area contributed by atoms with Gasteiger partial charge in [-0.1, -0.05) is 6.07 Å². The highest BCUT2D eigenvalue weighted by atomic mass is 19.4. The molecule has 2 aliphatic rings. The number of carbonyl (C=O) groups is 1. The largest absolute Gasteiger partial charge is 0.416 e. The molecule has 12 heteroatoms. The van der Waals surface area contributed by atoms with Gasteiger partial charge in [0, 0.05) is 62.4 Å². The van der Waals surface area contributed by atoms with Crippen LogP contribution in [0.2, 0.25) is 0 Å². The molecule has 0 saturated carbocycles. The van der Waals surface area contributed by atoms with Crippen LogP contribution in [0.5, 0.6) is 0 Å². The van der Waals surface area contributed by atoms with Crippen molar-refractivity contribution in [3.8, 4) is 0 Å². The van der Waals surface area contributed by atoms with Gasteiger partial charge in [0.05, 0.1) is 36.4 Å². The zero-order valence-electron chi connectivity index (χ0n) is 23.8. The van der Waals surface area contributed by atoms with Gasteiger partial charge in [-0.25, -0.2) is 0 Å². The zero-order valence-corrected chi connectivity index (χ0v) is 23.8. The maximum Gasteiger partial charge on any atom is 0.416 e. The van der Waals surface area contributed by atoms with Crippen LogP contribution >= 0.6 is 0 Å². The first-order chi connectivity index (χ1) is 19.4. The third kappa shape index (κ3) is 5.95. The second kappa shape index (κ2) is 11.2. The molecule has 3 heterocycles. The van der Waals surface area contributed by atoms with Gasteiger partial charge in [-0.05, 0) is 61.7 Å². The molecule has 0 radical (unpaired) electrons. The number of benzene rings is 2. The molecule has 9 nitrogen and oxygen atoms in total. The van der Waals surface area contributed by atoms with Crippen LogP contribution in [0.3, 0.4) is 0 Å². The number of ether oxygens (including phenoxy) is 1. The standard InChI is InChI=1S/C29H34F3N7O2/c1-18-6-7-21(13-26(18)39-17-27(37(5)35-39)24-15-33-36(4)20(24)3)28(40)34-23-12-22(16-38-8-10-41-11-9-38)19(2)25(14-23)29(30,31)32/h6-7,12-15,17,35H,8-11,16H2,1-5H3,(H,34,40). The molecule has 1 saturated heterocycles. The maximum absolute atomic E-state index is 14.0. The molecule has 218 valence electrons. The first kappa shape index (κ1) is 28.7. The topological polar surface area (TPSA) is 77.9 Å². The van der Waals surface area contributed by atoms with Crippen LogP contribution in [-0.4, -0.2) is 58.9 Å². The number of amides is 1. The second-order valence-electron chi connectivity index (χ2n) is 10.5. The van der Waals surface area contributed by atoms with Gasteiger partial charge < -0.3 is 10.1 Å². The fraction of sp³-hybridized carbons (Fsp3) is 0.379. The molecule has 2 aromatic carbocycles. The van der Waals surface area contributed by atoms with Gasteiger partial charge in [-0.15, -0.1) is 5.53 Å². The van der Waals surface area contributed by atoms with E-state index in [4.69, 9.17) is 4.74 Å². The fourth-order valence-corrected chi connectivity index (χ4v) is 5.10. The van der Waals surface area contributed by atoms with Gasteiger partial charge in [-0.2, -0.15) is 18.3 Å². The van der Waals surface area contributed by atoms with Crippen molar-refractivity contribution in [3.05, 3.63) is 81.8 Å². The molecular formula is C29H34F3N7O2. The molecule has 1 fully saturated rings. The summed E-state index contributed by atoms with van der Waals surface area (Å²) in [5.74, 6) is -0.500. The van der Waals surface area contributed by atoms with E-state index in [0.717, 1.165) is 34.3 Å². The number of morpholine rings is 1. The molecule has 1 aromatic heterocycles. The zero-order chi connectivity index (χ0) is 29.5. The minimum absolute atomic E-state index is 0.103. The van der Waals surface area contributed by atoms with Crippen molar-refractivity contribution in [2.24, 2.45) is 7.05 Å². The summed E-state index contributed by atoms with van der Waals surface area (Å²) in [5.41, 5.74) is 8.11. The number of nitrogens with zero attached hydrogens (tertiary/aromatic N) is 5. The molecule has 0 bridgehead atoms. The van der Waals surface area contributed by atoms with E-state index in [9.17, 15) is 18.0 Å². The van der Waals surface area contributed by atoms with Crippen LogP contribution in [0.25, 0.3) is 5.70 Å². The van der Waals surface area contributed by atoms with Crippen LogP contribution in [0.15, 0.2) is 42.7 Å². The summed E-state index contributed by atoms with van der Waals surface area (Å²) in [7, 11) is 3.76. The van der Waals surface area contributed by atoms with Gasteiger partial charge >= 0.3 is 6.18 Å². The Labute approximate surface area is 237 Å². The average molecular weight is 570 g/mol. The van der Waals surface area contributed by atoms with E-state index in [1.165, 1.54) is 6.92 Å². The molecule has 2 N–H and O–H groups in total. The van der Waals surface area contributed by atoms with Gasteiger partial charge in [0.1, 0.15) is 0 Å². The monoisotopic (exact) mass is 569 g/mol. The Morgan fingerprint density at radius 2 is 1.83 bits per heavy atom. The van der Waals surface area contributed by atoms with Crippen molar-refractivity contribution >= 4 is 23.0 Å². The number of alkyl halides is 3. The predicted molar refractivity (Wildman–Crippen MR) is 151 cm³/mol. The Bertz CT molecular complexity index is 1490. The molecule has 41 heavy (non-hydrogen) atoms. The van der Waals surface area contributed by atoms with Gasteiger partial charge in [0.15, 0.2) is 0 Å². The van der Waals surface area contributed by atoms with Crippen molar-refractivity contribution in [1.82, 2.24) is 25.2 Å². The van der Waals surface area contributed by atoms with Crippen molar-refractivity contribution in [2.45, 2.75) is 33.5 Å². The lowest BCUT2D eigenvalue weighted by atomic mass is 9.99. The normalized spacial score (nSPS) is 16.3. The number of hydrazine groups is 2. The highest BCUT2D eigenvalue weighted by molar-refractivity contribution is 6.05. The average Bonchev–Trinajstić information content (AvgIpc) is 3.46. The molecule has 1 amide bonds. The number of hydrogen-bond acceptors (Lipinski definition) is 7. The Balaban J connectivity index is 1.41. The van der Waals surface area contributed by atoms with E-state index in [2.05, 4.69) is 20.9 Å². The lowest BCUT2D eigenvalue weighted by Gasteiger charge is -2.28. The summed E-state index contributed by atoms with van der Waals surface area (Å²) in [5, 5.41) is 10.7. The number of rotatable bonds is 6. The van der Waals surface area contributed by atoms with Crippen LogP contribution in [-0.2, 0) is 24.5 Å². The smallest absolute Gasteiger partial charge is 0.379 e. The van der Waals surface area contributed by atoms with Gasteiger partial charge in [0.25, 0.3) is 5.91 Å². The first-order valence-corrected chi connectivity index (χ1v) is 13.3. The summed E-state index contributed by atoms with van der Waals surface area (Å²) < 4.78 is 49.0. The number of aromatic nitrogens is 2. The Hall–Kier alpha value is -3.87. The second-order valence-corrected chi connectivity index (χ2v) is 10.5. The minimum Gasteiger partial charge on any atom is -0.379 e. The molecule has 0 atom stereocenters. The Morgan fingerprint density at radius 3 is 2.49 bits per heavy atom. The molecule has 0 unspecified atom stereocenters. The quantitative estimate of drug-likeness (QED) is 0.449. The van der Waals surface area contributed by atoms with E-state index in [1.54, 1.807) is 29.1 Å². The van der Waals surface area contributed by atoms with Crippen LogP contribution in [0, 0.1) is 20.8 Å². The first-order valence-electron chi connectivity index (χ1n) is 13.3. The number of halogens is 3. The van der Waals surface area contributed by atoms with Gasteiger partial charge in [0.2, 0.25) is 0 Å². The van der Waals surface area contributed by atoms with Crippen molar-refractivity contribution in [2.75, 3.05) is 43.7 Å². The van der Waals surface area contributed by atoms with Crippen LogP contribution in [0.4, 0.5) is 24.5 Å². The van der Waals surface area contributed by atoms with Crippen molar-refractivity contribution in [3.63, 3.8) is 0 Å². The van der Waals surface area contributed by atoms with Gasteiger partial charge in [-0.3, -0.25) is 24.4 Å². The van der Waals surface area contributed by atoms with Crippen LogP contribution < -0.4 is 15.9 Å². The highest BCUT2D eigenvalue weighted by Crippen LogP contribution is 2.36. The number of aryl methyl sites for hydroxylation is 2. The van der Waals surface area contributed by atoms with Crippen molar-refractivity contribution in [1.29, 1.82) is 0 Å². The molecule has 0 spiro atoms. The third-order valence-corrected chi connectivity index (χ3v) is 7.69. The summed E-state index contributed by atoms with van der Waals surface area (Å²) in [4.78, 5) is 15.4. The van der Waals surface area contributed by atoms with E-state index in [0.29, 0.717) is 44.0 Å². The minimum atomic E-state index is -4.55. The Kier molecular flexibility index (Phi) is 7.82. The third-order valence-electron chi connectivity index (χ3n) is 7.69. The van der Waals surface area contributed by atoms with E-state index in [1.807, 2.05) is 50.2 Å². The molecule has 0 aliphatic carbocycles. The molecule has 5 rings (SSSR count). The highest BCUT2D eigenvalue weighted by Gasteiger charge is 2.34. The summed E-state index contributed by atoms with van der Waals surface area (Å²) in [6, 6.07) is 7.84. The fourth-order valence-electron chi connectivity index (χ4n) is 5.10. The maximum atomic E-state index is 14.0. The summed E-state index contributed by atoms with van der Waals surface area (Å²) in [6.07, 6.45) is -0.836. The summed E-state index contributed by atoms with van der Waals surface area (Å²) in [6.45, 7) is 8.08. The molecule has 3 aromatic rings. The number of carbonyl (C=O) groups excluding carboxylic acids is 1. The number of anilines is 2. The van der Waals surface area contributed by atoms with E-state index in [-0.39, 0.29) is 11.3 Å². The molecule has 2 aliphatic heterocycles. The number of hydrogen-bond donors (Lipinski definition) is 2. The van der Waals surface area contributed by atoms with E-state index < -0.39 is 17.6 Å². The lowest BCUT2D eigenvalue weighted by Crippen LogP contribution is -2.38. The summed E-state index contributed by atoms with van der Waals surface area (Å²) >= 11 is 0. The number of nitrogens with one attached hydrogen (secondary N) is 2. The lowest BCUT2D eigenvalue weighted by molar-refractivity contribution is -0.138. The predicted octanol–water partition coefficient (Wildman–Crippen LogP) is 4.62. The molecular weight excluding hydrogens is 535 g/mol. The SMILES string of the molecule is Cc1ccc(C(=O)Nc2cc(CN3CCOCC3)c(C)c(C(F)(F)F)c2)cc1N1C=C(c2cnn(C)c2C)N(C)N1.